The van der Waals surface area contributed by atoms with Crippen molar-refractivity contribution in [1.82, 2.24) is 0 Å². The van der Waals surface area contributed by atoms with Crippen molar-refractivity contribution in [2.24, 2.45) is 5.92 Å². The Kier molecular flexibility index (Phi) is 3.72. The summed E-state index contributed by atoms with van der Waals surface area (Å²) in [5.41, 5.74) is 2.19. The summed E-state index contributed by atoms with van der Waals surface area (Å²) in [5.74, 6) is 0.445. The molecule has 0 bridgehead atoms. The first kappa shape index (κ1) is 12.5. The monoisotopic (exact) mass is 258 g/mol. The van der Waals surface area contributed by atoms with Crippen LogP contribution in [0.25, 0.3) is 0 Å². The third-order valence-corrected chi connectivity index (χ3v) is 4.31. The summed E-state index contributed by atoms with van der Waals surface area (Å²) in [6.07, 6.45) is 7.20. The van der Waals surface area contributed by atoms with E-state index in [1.54, 1.807) is 0 Å². The lowest BCUT2D eigenvalue weighted by atomic mass is 9.85. The maximum absolute atomic E-state index is 12.0. The van der Waals surface area contributed by atoms with Gasteiger partial charge in [-0.05, 0) is 50.3 Å². The van der Waals surface area contributed by atoms with Gasteiger partial charge in [-0.2, -0.15) is 0 Å². The van der Waals surface area contributed by atoms with E-state index in [-0.39, 0.29) is 11.8 Å². The largest absolute Gasteiger partial charge is 0.371 e. The van der Waals surface area contributed by atoms with Crippen molar-refractivity contribution in [3.8, 4) is 0 Å². The number of piperidine rings is 1. The molecule has 3 nitrogen and oxygen atoms in total. The second kappa shape index (κ2) is 5.64. The molecule has 2 aliphatic rings. The molecular weight excluding hydrogens is 236 g/mol. The molecule has 1 aromatic rings. The van der Waals surface area contributed by atoms with Crippen LogP contribution in [0, 0.1) is 5.92 Å². The van der Waals surface area contributed by atoms with E-state index in [1.807, 2.05) is 12.1 Å². The molecular formula is C16H22N2O. The zero-order valence-corrected chi connectivity index (χ0v) is 11.4. The fourth-order valence-electron chi connectivity index (χ4n) is 2.85. The number of anilines is 2. The predicted octanol–water partition coefficient (Wildman–Crippen LogP) is 3.42. The Morgan fingerprint density at radius 3 is 2.58 bits per heavy atom. The number of nitrogens with one attached hydrogen (secondary N) is 1. The van der Waals surface area contributed by atoms with Crippen LogP contribution < -0.4 is 10.2 Å². The number of carbonyl (C=O) groups excluding carboxylic acids is 1. The van der Waals surface area contributed by atoms with Gasteiger partial charge in [0.25, 0.3) is 0 Å². The van der Waals surface area contributed by atoms with Crippen molar-refractivity contribution < 1.29 is 4.79 Å². The van der Waals surface area contributed by atoms with E-state index in [2.05, 4.69) is 22.3 Å². The molecule has 1 saturated carbocycles. The number of benzene rings is 1. The van der Waals surface area contributed by atoms with Gasteiger partial charge in [-0.15, -0.1) is 0 Å². The van der Waals surface area contributed by atoms with Gasteiger partial charge >= 0.3 is 0 Å². The van der Waals surface area contributed by atoms with Gasteiger partial charge in [0.05, 0.1) is 0 Å². The molecule has 1 N–H and O–H groups in total. The van der Waals surface area contributed by atoms with Crippen molar-refractivity contribution in [1.29, 1.82) is 0 Å². The quantitative estimate of drug-likeness (QED) is 0.901. The average Bonchev–Trinajstić information content (AvgIpc) is 2.38. The van der Waals surface area contributed by atoms with E-state index in [0.717, 1.165) is 31.6 Å². The molecule has 1 aliphatic carbocycles. The Morgan fingerprint density at radius 2 is 1.89 bits per heavy atom. The second-order valence-electron chi connectivity index (χ2n) is 5.72. The van der Waals surface area contributed by atoms with Gasteiger partial charge in [0.15, 0.2) is 0 Å². The molecule has 0 radical (unpaired) electrons. The summed E-state index contributed by atoms with van der Waals surface area (Å²) in [7, 11) is 0. The highest BCUT2D eigenvalue weighted by molar-refractivity contribution is 5.93. The Hall–Kier alpha value is -1.51. The molecule has 0 aromatic heterocycles. The first-order valence-electron chi connectivity index (χ1n) is 7.49. The van der Waals surface area contributed by atoms with Gasteiger partial charge in [-0.25, -0.2) is 0 Å². The zero-order valence-electron chi connectivity index (χ0n) is 11.4. The standard InChI is InChI=1S/C16H22N2O/c19-16(13-6-4-7-13)17-14-8-5-9-15(12-14)18-10-2-1-3-11-18/h5,8-9,12-13H,1-4,6-7,10-11H2,(H,17,19). The maximum atomic E-state index is 12.0. The summed E-state index contributed by atoms with van der Waals surface area (Å²) in [6.45, 7) is 2.28. The molecule has 19 heavy (non-hydrogen) atoms. The molecule has 0 unspecified atom stereocenters. The molecule has 1 amide bonds. The van der Waals surface area contributed by atoms with E-state index in [9.17, 15) is 4.79 Å². The van der Waals surface area contributed by atoms with Gasteiger partial charge in [0, 0.05) is 30.4 Å². The highest BCUT2D eigenvalue weighted by atomic mass is 16.1. The molecule has 1 heterocycles. The molecule has 1 saturated heterocycles. The van der Waals surface area contributed by atoms with Gasteiger partial charge in [0.2, 0.25) is 5.91 Å². The molecule has 102 valence electrons. The van der Waals surface area contributed by atoms with E-state index in [4.69, 9.17) is 0 Å². The summed E-state index contributed by atoms with van der Waals surface area (Å²) in [6, 6.07) is 8.29. The summed E-state index contributed by atoms with van der Waals surface area (Å²) < 4.78 is 0. The lowest BCUT2D eigenvalue weighted by Crippen LogP contribution is -2.30. The van der Waals surface area contributed by atoms with Crippen LogP contribution in [0.4, 0.5) is 11.4 Å². The highest BCUT2D eigenvalue weighted by Gasteiger charge is 2.25. The number of carbonyl (C=O) groups is 1. The van der Waals surface area contributed by atoms with Crippen molar-refractivity contribution in [2.45, 2.75) is 38.5 Å². The number of hydrogen-bond acceptors (Lipinski definition) is 2. The molecule has 2 fully saturated rings. The fraction of sp³-hybridized carbons (Fsp3) is 0.562. The third-order valence-electron chi connectivity index (χ3n) is 4.31. The van der Waals surface area contributed by atoms with Crippen LogP contribution in [-0.4, -0.2) is 19.0 Å². The van der Waals surface area contributed by atoms with Crippen LogP contribution in [0.1, 0.15) is 38.5 Å². The first-order valence-corrected chi connectivity index (χ1v) is 7.49. The van der Waals surface area contributed by atoms with E-state index >= 15 is 0 Å². The molecule has 0 atom stereocenters. The average molecular weight is 258 g/mol. The second-order valence-corrected chi connectivity index (χ2v) is 5.72. The van der Waals surface area contributed by atoms with Gasteiger partial charge < -0.3 is 10.2 Å². The SMILES string of the molecule is O=C(Nc1cccc(N2CCCCC2)c1)C1CCC1. The highest BCUT2D eigenvalue weighted by Crippen LogP contribution is 2.28. The van der Waals surface area contributed by atoms with Crippen LogP contribution in [0.5, 0.6) is 0 Å². The number of amides is 1. The minimum Gasteiger partial charge on any atom is -0.371 e. The normalized spacial score (nSPS) is 19.9. The smallest absolute Gasteiger partial charge is 0.227 e. The Bertz CT molecular complexity index is 448. The minimum absolute atomic E-state index is 0.196. The molecule has 3 heteroatoms. The molecule has 3 rings (SSSR count). The topological polar surface area (TPSA) is 32.3 Å². The minimum atomic E-state index is 0.196. The lowest BCUT2D eigenvalue weighted by Gasteiger charge is -2.29. The fourth-order valence-corrected chi connectivity index (χ4v) is 2.85. The molecule has 1 aliphatic heterocycles. The van der Waals surface area contributed by atoms with E-state index < -0.39 is 0 Å². The van der Waals surface area contributed by atoms with Gasteiger partial charge in [0.1, 0.15) is 0 Å². The van der Waals surface area contributed by atoms with Crippen molar-refractivity contribution in [3.05, 3.63) is 24.3 Å². The molecule has 1 aromatic carbocycles. The van der Waals surface area contributed by atoms with Crippen molar-refractivity contribution in [3.63, 3.8) is 0 Å². The van der Waals surface area contributed by atoms with Crippen LogP contribution in [0.2, 0.25) is 0 Å². The first-order chi connectivity index (χ1) is 9.33. The Balaban J connectivity index is 1.66. The summed E-state index contributed by atoms with van der Waals surface area (Å²) >= 11 is 0. The van der Waals surface area contributed by atoms with Crippen molar-refractivity contribution >= 4 is 17.3 Å². The summed E-state index contributed by atoms with van der Waals surface area (Å²) in [5, 5.41) is 3.06. The van der Waals surface area contributed by atoms with Gasteiger partial charge in [-0.1, -0.05) is 12.5 Å². The molecule has 0 spiro atoms. The van der Waals surface area contributed by atoms with Crippen molar-refractivity contribution in [2.75, 3.05) is 23.3 Å². The van der Waals surface area contributed by atoms with Crippen LogP contribution in [0.15, 0.2) is 24.3 Å². The number of hydrogen-bond donors (Lipinski definition) is 1. The lowest BCUT2D eigenvalue weighted by molar-refractivity contribution is -0.122. The Morgan fingerprint density at radius 1 is 1.11 bits per heavy atom. The zero-order chi connectivity index (χ0) is 13.1. The predicted molar refractivity (Wildman–Crippen MR) is 78.5 cm³/mol. The van der Waals surface area contributed by atoms with Crippen LogP contribution >= 0.6 is 0 Å². The van der Waals surface area contributed by atoms with Crippen LogP contribution in [-0.2, 0) is 4.79 Å². The number of rotatable bonds is 3. The Labute approximate surface area is 115 Å². The van der Waals surface area contributed by atoms with Crippen LogP contribution in [0.3, 0.4) is 0 Å². The number of nitrogens with zero attached hydrogens (tertiary/aromatic N) is 1. The third kappa shape index (κ3) is 2.91. The van der Waals surface area contributed by atoms with E-state index in [0.29, 0.717) is 0 Å². The van der Waals surface area contributed by atoms with E-state index in [1.165, 1.54) is 31.4 Å². The maximum Gasteiger partial charge on any atom is 0.227 e. The van der Waals surface area contributed by atoms with Gasteiger partial charge in [-0.3, -0.25) is 4.79 Å². The summed E-state index contributed by atoms with van der Waals surface area (Å²) in [4.78, 5) is 14.4.